The second kappa shape index (κ2) is 16.4. The van der Waals surface area contributed by atoms with Crippen LogP contribution in [-0.4, -0.2) is 114 Å². The number of ether oxygens (including phenoxy) is 5. The molecule has 0 radical (unpaired) electrons. The molecule has 13 atom stereocenters. The molecule has 0 aliphatic carbocycles. The number of hydrogen-bond donors (Lipinski definition) is 2. The van der Waals surface area contributed by atoms with Crippen molar-refractivity contribution in [2.24, 2.45) is 17.8 Å². The summed E-state index contributed by atoms with van der Waals surface area (Å²) in [5.41, 5.74) is -4.99. The molecular weight excluding hydrogens is 675 g/mol. The van der Waals surface area contributed by atoms with Gasteiger partial charge in [-0.15, -0.1) is 0 Å². The van der Waals surface area contributed by atoms with Crippen LogP contribution in [0.4, 0.5) is 9.18 Å². The van der Waals surface area contributed by atoms with Crippen LogP contribution >= 0.6 is 0 Å². The van der Waals surface area contributed by atoms with Gasteiger partial charge in [0, 0.05) is 24.3 Å². The molecule has 13 heteroatoms. The molecule has 2 N–H and O–H groups in total. The zero-order chi connectivity index (χ0) is 38.8. The molecule has 3 aliphatic heterocycles. The van der Waals surface area contributed by atoms with E-state index in [1.165, 1.54) is 20.8 Å². The fourth-order valence-corrected chi connectivity index (χ4v) is 8.14. The van der Waals surface area contributed by atoms with Gasteiger partial charge in [0.2, 0.25) is 0 Å². The fourth-order valence-electron chi connectivity index (χ4n) is 8.14. The molecule has 52 heavy (non-hydrogen) atoms. The lowest BCUT2D eigenvalue weighted by Crippen LogP contribution is -2.62. The Balaban J connectivity index is 1.84. The Morgan fingerprint density at radius 1 is 1.04 bits per heavy atom. The Hall–Kier alpha value is -3.23. The number of aliphatic hydroxyl groups is 1. The molecule has 0 aromatic heterocycles. The van der Waals surface area contributed by atoms with Gasteiger partial charge in [0.15, 0.2) is 29.1 Å². The number of hydrogen-bond acceptors (Lipinski definition) is 11. The Morgan fingerprint density at radius 3 is 2.31 bits per heavy atom. The number of alkyl carbamates (subject to hydrolysis) is 1. The van der Waals surface area contributed by atoms with E-state index in [2.05, 4.69) is 5.32 Å². The minimum absolute atomic E-state index is 0.0723. The number of benzene rings is 1. The number of halogens is 1. The van der Waals surface area contributed by atoms with Crippen molar-refractivity contribution in [3.63, 3.8) is 0 Å². The van der Waals surface area contributed by atoms with Crippen molar-refractivity contribution >= 4 is 29.7 Å². The highest BCUT2D eigenvalue weighted by Gasteiger charge is 2.59. The molecule has 0 saturated carbocycles. The van der Waals surface area contributed by atoms with Crippen LogP contribution in [0, 0.1) is 17.8 Å². The predicted molar refractivity (Wildman–Crippen MR) is 191 cm³/mol. The van der Waals surface area contributed by atoms with Crippen molar-refractivity contribution in [3.8, 4) is 0 Å². The monoisotopic (exact) mass is 732 g/mol. The number of Topliss-reactive ketones (excluding diaryl/α,β-unsaturated/α-hetero) is 2. The lowest BCUT2D eigenvalue weighted by molar-refractivity contribution is -0.297. The first-order valence-electron chi connectivity index (χ1n) is 18.2. The van der Waals surface area contributed by atoms with Gasteiger partial charge >= 0.3 is 12.1 Å². The molecule has 0 bridgehead atoms. The highest BCUT2D eigenvalue weighted by molar-refractivity contribution is 6.00. The van der Waals surface area contributed by atoms with Crippen LogP contribution in [0.15, 0.2) is 36.4 Å². The lowest BCUT2D eigenvalue weighted by atomic mass is 9.72. The lowest BCUT2D eigenvalue weighted by Gasteiger charge is -2.48. The van der Waals surface area contributed by atoms with E-state index >= 15 is 4.39 Å². The van der Waals surface area contributed by atoms with Gasteiger partial charge in [-0.3, -0.25) is 14.4 Å². The van der Waals surface area contributed by atoms with Gasteiger partial charge in [0.25, 0.3) is 0 Å². The highest BCUT2D eigenvalue weighted by atomic mass is 19.1. The van der Waals surface area contributed by atoms with E-state index in [-0.39, 0.29) is 25.2 Å². The molecule has 3 saturated heterocycles. The molecule has 1 aromatic carbocycles. The molecule has 3 fully saturated rings. The smallest absolute Gasteiger partial charge is 0.408 e. The van der Waals surface area contributed by atoms with Gasteiger partial charge in [-0.1, -0.05) is 63.3 Å². The third-order valence-electron chi connectivity index (χ3n) is 11.0. The van der Waals surface area contributed by atoms with Crippen LogP contribution in [0.3, 0.4) is 0 Å². The number of carbonyl (C=O) groups excluding carboxylic acids is 4. The van der Waals surface area contributed by atoms with E-state index in [0.29, 0.717) is 6.42 Å². The SMILES string of the molecule is CC[C@H]1OC(=O)[C@H](C)C(=O)[C@H](C)[C@@H](O[C@@H]2O[C@H](C)C[C@H](N(C)C)[C@H]2O)[C@](C)(OC/C=C/c2ccccc2)C[C@](C)(F)C(=O)[C@H](C)[C@@H]2NC(=O)O[C@]12C. The van der Waals surface area contributed by atoms with Crippen LogP contribution in [0.1, 0.15) is 80.2 Å². The van der Waals surface area contributed by atoms with Crippen LogP contribution in [0.5, 0.6) is 0 Å². The van der Waals surface area contributed by atoms with Gasteiger partial charge in [-0.25, -0.2) is 9.18 Å². The summed E-state index contributed by atoms with van der Waals surface area (Å²) in [5.74, 6) is -5.94. The first-order chi connectivity index (χ1) is 24.3. The largest absolute Gasteiger partial charge is 0.458 e. The van der Waals surface area contributed by atoms with Gasteiger partial charge in [0.1, 0.15) is 18.1 Å². The molecular formula is C39H57FN2O10. The number of likely N-dealkylation sites (N-methyl/N-ethyl adjacent to an activating group) is 1. The summed E-state index contributed by atoms with van der Waals surface area (Å²) in [6.07, 6.45) is -2.39. The Kier molecular flexibility index (Phi) is 13.1. The van der Waals surface area contributed by atoms with E-state index < -0.39 is 95.3 Å². The van der Waals surface area contributed by atoms with Crippen molar-refractivity contribution < 1.29 is 52.4 Å². The maximum Gasteiger partial charge on any atom is 0.408 e. The van der Waals surface area contributed by atoms with E-state index in [1.807, 2.05) is 62.3 Å². The van der Waals surface area contributed by atoms with Crippen molar-refractivity contribution in [1.29, 1.82) is 0 Å². The molecule has 0 unspecified atom stereocenters. The van der Waals surface area contributed by atoms with Crippen LogP contribution < -0.4 is 5.32 Å². The standard InChI is InChI=1S/C39H57FN2O10/c1-11-28-39(8)31(41-36(47)52-39)25(5)32(45)37(6,40)21-38(7,48-19-15-18-26-16-13-12-14-17-26)33(23(3)29(43)24(4)34(46)50-28)51-35-30(44)27(42(9)10)20-22(2)49-35/h12-18,22-25,27-28,30-31,33,35,44H,11,19-21H2,1-10H3,(H,41,47)/b18-15+/t22-,23+,24-,25-,27+,28-,30-,31+,33-,35+,37+,38-,39-/m1/s1. The average molecular weight is 733 g/mol. The van der Waals surface area contributed by atoms with Gasteiger partial charge in [-0.05, 0) is 67.1 Å². The van der Waals surface area contributed by atoms with E-state index in [0.717, 1.165) is 12.5 Å². The van der Waals surface area contributed by atoms with Gasteiger partial charge in [0.05, 0.1) is 30.5 Å². The number of esters is 1. The topological polar surface area (TPSA) is 150 Å². The Bertz CT molecular complexity index is 1470. The number of amides is 1. The Morgan fingerprint density at radius 2 is 1.69 bits per heavy atom. The van der Waals surface area contributed by atoms with Gasteiger partial charge in [-0.2, -0.15) is 0 Å². The van der Waals surface area contributed by atoms with Crippen LogP contribution in [0.2, 0.25) is 0 Å². The summed E-state index contributed by atoms with van der Waals surface area (Å²) in [5, 5.41) is 14.1. The Labute approximate surface area is 306 Å². The predicted octanol–water partition coefficient (Wildman–Crippen LogP) is 4.65. The van der Waals surface area contributed by atoms with Crippen LogP contribution in [0.25, 0.3) is 6.08 Å². The maximum absolute atomic E-state index is 17.3. The summed E-state index contributed by atoms with van der Waals surface area (Å²) in [4.78, 5) is 56.8. The zero-order valence-electron chi connectivity index (χ0n) is 32.1. The highest BCUT2D eigenvalue weighted by Crippen LogP contribution is 2.42. The first kappa shape index (κ1) is 41.5. The molecule has 1 aromatic rings. The number of nitrogens with zero attached hydrogens (tertiary/aromatic N) is 1. The molecule has 3 aliphatic rings. The third kappa shape index (κ3) is 8.76. The summed E-state index contributed by atoms with van der Waals surface area (Å²) < 4.78 is 48.0. The number of nitrogens with one attached hydrogen (secondary N) is 1. The summed E-state index contributed by atoms with van der Waals surface area (Å²) >= 11 is 0. The number of fused-ring (bicyclic) bond motifs is 1. The molecule has 3 heterocycles. The number of ketones is 2. The summed E-state index contributed by atoms with van der Waals surface area (Å²) in [6, 6.07) is 8.01. The number of rotatable bonds is 8. The molecule has 290 valence electrons. The summed E-state index contributed by atoms with van der Waals surface area (Å²) in [7, 11) is 3.65. The van der Waals surface area contributed by atoms with E-state index in [4.69, 9.17) is 23.7 Å². The van der Waals surface area contributed by atoms with E-state index in [9.17, 15) is 24.3 Å². The van der Waals surface area contributed by atoms with Crippen molar-refractivity contribution in [1.82, 2.24) is 10.2 Å². The third-order valence-corrected chi connectivity index (χ3v) is 11.0. The zero-order valence-corrected chi connectivity index (χ0v) is 32.1. The number of aliphatic hydroxyl groups excluding tert-OH is 1. The number of carbonyl (C=O) groups is 4. The quantitative estimate of drug-likeness (QED) is 0.284. The second-order valence-corrected chi connectivity index (χ2v) is 15.5. The normalized spacial score (nSPS) is 40.9. The number of cyclic esters (lactones) is 1. The first-order valence-corrected chi connectivity index (χ1v) is 18.2. The van der Waals surface area contributed by atoms with Gasteiger partial charge < -0.3 is 39.0 Å². The van der Waals surface area contributed by atoms with Crippen molar-refractivity contribution in [2.75, 3.05) is 20.7 Å². The minimum Gasteiger partial charge on any atom is -0.458 e. The maximum atomic E-state index is 17.3. The fraction of sp³-hybridized carbons (Fsp3) is 0.692. The van der Waals surface area contributed by atoms with Crippen molar-refractivity contribution in [3.05, 3.63) is 42.0 Å². The molecule has 0 spiro atoms. The van der Waals surface area contributed by atoms with Crippen molar-refractivity contribution in [2.45, 2.75) is 134 Å². The van der Waals surface area contributed by atoms with Crippen LogP contribution in [-0.2, 0) is 38.1 Å². The van der Waals surface area contributed by atoms with E-state index in [1.54, 1.807) is 26.8 Å². The number of alkyl halides is 1. The molecule has 1 amide bonds. The molecule has 4 rings (SSSR count). The average Bonchev–Trinajstić information content (AvgIpc) is 3.41. The summed E-state index contributed by atoms with van der Waals surface area (Å²) in [6.45, 7) is 12.2. The minimum atomic E-state index is -2.60. The second-order valence-electron chi connectivity index (χ2n) is 15.5. The molecule has 12 nitrogen and oxygen atoms in total.